The van der Waals surface area contributed by atoms with Crippen LogP contribution in [-0.2, 0) is 4.79 Å². The van der Waals surface area contributed by atoms with Crippen LogP contribution in [0.1, 0.15) is 6.92 Å². The Kier molecular flexibility index (Phi) is 4.60. The van der Waals surface area contributed by atoms with Crippen LogP contribution in [0.5, 0.6) is 0 Å². The van der Waals surface area contributed by atoms with Crippen LogP contribution in [0.3, 0.4) is 0 Å². The number of amides is 1. The number of halogens is 1. The minimum atomic E-state index is -0.280. The molecule has 0 aliphatic carbocycles. The van der Waals surface area contributed by atoms with E-state index < -0.39 is 0 Å². The van der Waals surface area contributed by atoms with Gasteiger partial charge in [0.25, 0.3) is 5.22 Å². The molecule has 0 radical (unpaired) electrons. The third-order valence-corrected chi connectivity index (χ3v) is 4.03. The highest BCUT2D eigenvalue weighted by Gasteiger charge is 2.18. The molecule has 1 atom stereocenters. The molecule has 0 aliphatic heterocycles. The molecule has 5 nitrogen and oxygen atoms in total. The van der Waals surface area contributed by atoms with Crippen molar-refractivity contribution in [1.82, 2.24) is 15.5 Å². The first-order valence-electron chi connectivity index (χ1n) is 5.58. The molecular formula is C12H12BrN3O2S. The topological polar surface area (TPSA) is 68.0 Å². The molecule has 1 aromatic heterocycles. The maximum absolute atomic E-state index is 11.4. The molecule has 0 fully saturated rings. The Morgan fingerprint density at radius 3 is 2.84 bits per heavy atom. The van der Waals surface area contributed by atoms with Gasteiger partial charge >= 0.3 is 0 Å². The van der Waals surface area contributed by atoms with Gasteiger partial charge in [0.05, 0.1) is 10.8 Å². The van der Waals surface area contributed by atoms with Gasteiger partial charge in [-0.05, 0) is 35.0 Å². The van der Waals surface area contributed by atoms with E-state index in [1.54, 1.807) is 14.0 Å². The predicted molar refractivity (Wildman–Crippen MR) is 76.8 cm³/mol. The molecule has 0 aliphatic rings. The number of carbonyl (C=O) groups is 1. The molecule has 1 amide bonds. The second-order valence-electron chi connectivity index (χ2n) is 3.73. The van der Waals surface area contributed by atoms with E-state index in [9.17, 15) is 4.79 Å². The summed E-state index contributed by atoms with van der Waals surface area (Å²) >= 11 is 4.66. The first-order chi connectivity index (χ1) is 9.11. The summed E-state index contributed by atoms with van der Waals surface area (Å²) in [6, 6.07) is 7.59. The lowest BCUT2D eigenvalue weighted by atomic mass is 10.2. The number of rotatable bonds is 4. The minimum absolute atomic E-state index is 0.0781. The molecular weight excluding hydrogens is 330 g/mol. The lowest BCUT2D eigenvalue weighted by Gasteiger charge is -2.05. The molecule has 1 heterocycles. The van der Waals surface area contributed by atoms with Gasteiger partial charge in [-0.3, -0.25) is 4.79 Å². The summed E-state index contributed by atoms with van der Waals surface area (Å²) in [5, 5.41) is 10.6. The van der Waals surface area contributed by atoms with Crippen molar-refractivity contribution in [2.75, 3.05) is 7.05 Å². The van der Waals surface area contributed by atoms with Crippen LogP contribution in [0.25, 0.3) is 11.5 Å². The number of nitrogens with one attached hydrogen (secondary N) is 1. The Labute approximate surface area is 123 Å². The van der Waals surface area contributed by atoms with Crippen molar-refractivity contribution in [2.45, 2.75) is 17.4 Å². The van der Waals surface area contributed by atoms with E-state index in [2.05, 4.69) is 31.4 Å². The normalized spacial score (nSPS) is 12.2. The first-order valence-corrected chi connectivity index (χ1v) is 7.25. The summed E-state index contributed by atoms with van der Waals surface area (Å²) in [7, 11) is 1.60. The second kappa shape index (κ2) is 6.21. The molecule has 19 heavy (non-hydrogen) atoms. The van der Waals surface area contributed by atoms with E-state index in [0.717, 1.165) is 10.0 Å². The van der Waals surface area contributed by atoms with Crippen LogP contribution in [0.2, 0.25) is 0 Å². The maximum atomic E-state index is 11.4. The van der Waals surface area contributed by atoms with E-state index in [0.29, 0.717) is 11.1 Å². The summed E-state index contributed by atoms with van der Waals surface area (Å²) in [6.07, 6.45) is 0. The van der Waals surface area contributed by atoms with Gasteiger partial charge in [0.2, 0.25) is 11.8 Å². The Morgan fingerprint density at radius 1 is 1.42 bits per heavy atom. The fourth-order valence-electron chi connectivity index (χ4n) is 1.41. The predicted octanol–water partition coefficient (Wildman–Crippen LogP) is 2.73. The molecule has 1 aromatic carbocycles. The highest BCUT2D eigenvalue weighted by Crippen LogP contribution is 2.30. The third kappa shape index (κ3) is 3.36. The van der Waals surface area contributed by atoms with Crippen LogP contribution >= 0.6 is 27.7 Å². The number of carbonyl (C=O) groups excluding carboxylic acids is 1. The standard InChI is InChI=1S/C12H12BrN3O2S/c1-7(10(17)14-2)19-12-16-15-11(18-12)8-5-3-4-6-9(8)13/h3-7H,1-2H3,(H,14,17). The summed E-state index contributed by atoms with van der Waals surface area (Å²) in [5.41, 5.74) is 0.828. The van der Waals surface area contributed by atoms with Gasteiger partial charge in [-0.25, -0.2) is 0 Å². The van der Waals surface area contributed by atoms with Crippen molar-refractivity contribution in [3.63, 3.8) is 0 Å². The molecule has 0 saturated heterocycles. The van der Waals surface area contributed by atoms with Gasteiger partial charge in [-0.2, -0.15) is 0 Å². The number of hydrogen-bond donors (Lipinski definition) is 1. The van der Waals surface area contributed by atoms with Crippen molar-refractivity contribution in [1.29, 1.82) is 0 Å². The molecule has 2 rings (SSSR count). The molecule has 1 N–H and O–H groups in total. The number of hydrogen-bond acceptors (Lipinski definition) is 5. The average Bonchev–Trinajstić information content (AvgIpc) is 2.86. The van der Waals surface area contributed by atoms with Crippen LogP contribution in [0, 0.1) is 0 Å². The van der Waals surface area contributed by atoms with Gasteiger partial charge in [-0.15, -0.1) is 10.2 Å². The number of aromatic nitrogens is 2. The number of nitrogens with zero attached hydrogens (tertiary/aromatic N) is 2. The smallest absolute Gasteiger partial charge is 0.277 e. The van der Waals surface area contributed by atoms with E-state index in [4.69, 9.17) is 4.42 Å². The van der Waals surface area contributed by atoms with Crippen molar-refractivity contribution in [2.24, 2.45) is 0 Å². The van der Waals surface area contributed by atoms with Gasteiger partial charge in [0.15, 0.2) is 0 Å². The highest BCUT2D eigenvalue weighted by atomic mass is 79.9. The zero-order chi connectivity index (χ0) is 13.8. The van der Waals surface area contributed by atoms with E-state index in [1.807, 2.05) is 24.3 Å². The summed E-state index contributed by atoms with van der Waals surface area (Å²) < 4.78 is 6.43. The summed E-state index contributed by atoms with van der Waals surface area (Å²) in [5.74, 6) is 0.352. The summed E-state index contributed by atoms with van der Waals surface area (Å²) in [4.78, 5) is 11.4. The number of benzene rings is 1. The van der Waals surface area contributed by atoms with Gasteiger partial charge in [0.1, 0.15) is 0 Å². The van der Waals surface area contributed by atoms with Gasteiger partial charge < -0.3 is 9.73 Å². The monoisotopic (exact) mass is 341 g/mol. The largest absolute Gasteiger partial charge is 0.411 e. The van der Waals surface area contributed by atoms with Crippen LogP contribution in [0.4, 0.5) is 0 Å². The Balaban J connectivity index is 2.16. The Bertz CT molecular complexity index is 588. The fourth-order valence-corrected chi connectivity index (χ4v) is 2.61. The minimum Gasteiger partial charge on any atom is -0.411 e. The van der Waals surface area contributed by atoms with E-state index in [-0.39, 0.29) is 11.2 Å². The molecule has 100 valence electrons. The maximum Gasteiger partial charge on any atom is 0.277 e. The number of thioether (sulfide) groups is 1. The third-order valence-electron chi connectivity index (χ3n) is 2.40. The second-order valence-corrected chi connectivity index (χ2v) is 5.87. The molecule has 0 saturated carbocycles. The highest BCUT2D eigenvalue weighted by molar-refractivity contribution is 9.10. The van der Waals surface area contributed by atoms with E-state index >= 15 is 0 Å². The lowest BCUT2D eigenvalue weighted by Crippen LogP contribution is -2.27. The molecule has 0 bridgehead atoms. The zero-order valence-corrected chi connectivity index (χ0v) is 12.8. The van der Waals surface area contributed by atoms with Crippen molar-refractivity contribution < 1.29 is 9.21 Å². The molecule has 7 heteroatoms. The van der Waals surface area contributed by atoms with Crippen LogP contribution < -0.4 is 5.32 Å². The van der Waals surface area contributed by atoms with Gasteiger partial charge in [0, 0.05) is 11.5 Å². The summed E-state index contributed by atoms with van der Waals surface area (Å²) in [6.45, 7) is 1.78. The Hall–Kier alpha value is -1.34. The first kappa shape index (κ1) is 14.1. The molecule has 2 aromatic rings. The van der Waals surface area contributed by atoms with Crippen LogP contribution in [0.15, 0.2) is 38.4 Å². The fraction of sp³-hybridized carbons (Fsp3) is 0.250. The quantitative estimate of drug-likeness (QED) is 0.866. The molecule has 0 spiro atoms. The van der Waals surface area contributed by atoms with E-state index in [1.165, 1.54) is 11.8 Å². The van der Waals surface area contributed by atoms with Crippen molar-refractivity contribution in [3.8, 4) is 11.5 Å². The lowest BCUT2D eigenvalue weighted by molar-refractivity contribution is -0.119. The molecule has 1 unspecified atom stereocenters. The zero-order valence-electron chi connectivity index (χ0n) is 10.4. The van der Waals surface area contributed by atoms with Gasteiger partial charge in [-0.1, -0.05) is 23.9 Å². The van der Waals surface area contributed by atoms with Crippen LogP contribution in [-0.4, -0.2) is 28.4 Å². The van der Waals surface area contributed by atoms with Crippen molar-refractivity contribution in [3.05, 3.63) is 28.7 Å². The average molecular weight is 342 g/mol. The SMILES string of the molecule is CNC(=O)C(C)Sc1nnc(-c2ccccc2Br)o1. The van der Waals surface area contributed by atoms with Crippen molar-refractivity contribution >= 4 is 33.6 Å². The Morgan fingerprint density at radius 2 is 2.16 bits per heavy atom.